The van der Waals surface area contributed by atoms with Gasteiger partial charge < -0.3 is 4.43 Å². The van der Waals surface area contributed by atoms with Crippen molar-refractivity contribution in [2.75, 3.05) is 0 Å². The first kappa shape index (κ1) is 19.0. The molecular formula is C22H34OSi. The largest absolute Gasteiger partial charge is 0.545 e. The Kier molecular flexibility index (Phi) is 6.14. The topological polar surface area (TPSA) is 9.23 Å². The normalized spacial score (nSPS) is 16.2. The van der Waals surface area contributed by atoms with Crippen molar-refractivity contribution in [3.05, 3.63) is 53.3 Å². The minimum Gasteiger partial charge on any atom is -0.545 e. The lowest BCUT2D eigenvalue weighted by Gasteiger charge is -2.43. The molecule has 0 aromatic heterocycles. The molecule has 0 spiro atoms. The van der Waals surface area contributed by atoms with Crippen LogP contribution in [-0.2, 0) is 4.43 Å². The lowest BCUT2D eigenvalue weighted by Crippen LogP contribution is -2.47. The van der Waals surface area contributed by atoms with Gasteiger partial charge in [0.25, 0.3) is 8.32 Å². The van der Waals surface area contributed by atoms with Gasteiger partial charge in [0.1, 0.15) is 0 Å². The molecule has 1 aromatic carbocycles. The van der Waals surface area contributed by atoms with Crippen molar-refractivity contribution in [3.8, 4) is 0 Å². The summed E-state index contributed by atoms with van der Waals surface area (Å²) in [5.41, 5.74) is 6.06. The maximum Gasteiger partial charge on any atom is 0.258 e. The Morgan fingerprint density at radius 3 is 1.88 bits per heavy atom. The first-order chi connectivity index (χ1) is 11.3. The van der Waals surface area contributed by atoms with Gasteiger partial charge in [-0.15, -0.1) is 0 Å². The van der Waals surface area contributed by atoms with Gasteiger partial charge >= 0.3 is 0 Å². The number of hydrogen-bond acceptors (Lipinski definition) is 1. The second-order valence-electron chi connectivity index (χ2n) is 8.10. The summed E-state index contributed by atoms with van der Waals surface area (Å²) in [4.78, 5) is 0. The third kappa shape index (κ3) is 3.69. The van der Waals surface area contributed by atoms with E-state index in [0.29, 0.717) is 16.6 Å². The molecule has 0 fully saturated rings. The van der Waals surface area contributed by atoms with Gasteiger partial charge in [-0.1, -0.05) is 78.0 Å². The molecule has 0 bridgehead atoms. The van der Waals surface area contributed by atoms with Crippen LogP contribution in [0, 0.1) is 0 Å². The van der Waals surface area contributed by atoms with Crippen LogP contribution in [0.4, 0.5) is 0 Å². The van der Waals surface area contributed by atoms with Crippen molar-refractivity contribution in [1.29, 1.82) is 0 Å². The fourth-order valence-corrected chi connectivity index (χ4v) is 9.81. The molecule has 0 N–H and O–H groups in total. The highest BCUT2D eigenvalue weighted by atomic mass is 28.4. The molecular weight excluding hydrogens is 308 g/mol. The highest BCUT2D eigenvalue weighted by Gasteiger charge is 2.47. The summed E-state index contributed by atoms with van der Waals surface area (Å²) >= 11 is 0. The van der Waals surface area contributed by atoms with Crippen LogP contribution in [0.2, 0.25) is 16.6 Å². The molecule has 0 aliphatic heterocycles. The zero-order valence-electron chi connectivity index (χ0n) is 16.5. The van der Waals surface area contributed by atoms with E-state index in [9.17, 15) is 0 Å². The Morgan fingerprint density at radius 1 is 0.875 bits per heavy atom. The molecule has 0 atom stereocenters. The first-order valence-electron chi connectivity index (χ1n) is 9.41. The number of allylic oxidation sites excluding steroid dienone is 3. The van der Waals surface area contributed by atoms with Gasteiger partial charge in [0, 0.05) is 6.42 Å². The van der Waals surface area contributed by atoms with Gasteiger partial charge in [0.05, 0.1) is 5.76 Å². The summed E-state index contributed by atoms with van der Waals surface area (Å²) in [7, 11) is -1.85. The van der Waals surface area contributed by atoms with Gasteiger partial charge in [-0.3, -0.25) is 0 Å². The zero-order chi connectivity index (χ0) is 17.9. The maximum absolute atomic E-state index is 6.93. The third-order valence-corrected chi connectivity index (χ3v) is 11.6. The summed E-state index contributed by atoms with van der Waals surface area (Å²) in [6.07, 6.45) is 4.33. The van der Waals surface area contributed by atoms with Gasteiger partial charge in [0.2, 0.25) is 0 Å². The van der Waals surface area contributed by atoms with Crippen LogP contribution < -0.4 is 0 Å². The van der Waals surface area contributed by atoms with Crippen molar-refractivity contribution >= 4 is 13.9 Å². The van der Waals surface area contributed by atoms with Crippen molar-refractivity contribution < 1.29 is 4.43 Å². The molecule has 2 rings (SSSR count). The standard InChI is InChI=1S/C22H34OSi/c1-16(2)24(17(3)4,18(5)6)23-22-14-13-21(15-19(22)7)20-11-9-8-10-12-20/h8-13,16-18H,14-15H2,1-7H3. The van der Waals surface area contributed by atoms with Crippen LogP contribution in [0.25, 0.3) is 5.57 Å². The van der Waals surface area contributed by atoms with E-state index in [0.717, 1.165) is 12.8 Å². The van der Waals surface area contributed by atoms with E-state index in [2.05, 4.69) is 84.9 Å². The summed E-state index contributed by atoms with van der Waals surface area (Å²) in [6.45, 7) is 16.4. The van der Waals surface area contributed by atoms with Gasteiger partial charge in [-0.05, 0) is 46.7 Å². The fourth-order valence-electron chi connectivity index (χ4n) is 4.41. The Labute approximate surface area is 150 Å². The number of benzene rings is 1. The minimum absolute atomic E-state index is 0.622. The van der Waals surface area contributed by atoms with Crippen LogP contribution in [0.15, 0.2) is 47.7 Å². The molecule has 1 aromatic rings. The average molecular weight is 343 g/mol. The summed E-state index contributed by atoms with van der Waals surface area (Å²) in [6, 6.07) is 10.7. The first-order valence-corrected chi connectivity index (χ1v) is 11.5. The van der Waals surface area contributed by atoms with Crippen LogP contribution in [-0.4, -0.2) is 8.32 Å². The number of hydrogen-bond donors (Lipinski definition) is 0. The fraction of sp³-hybridized carbons (Fsp3) is 0.545. The maximum atomic E-state index is 6.93. The SMILES string of the molecule is CC1=C(O[Si](C(C)C)(C(C)C)C(C)C)CC=C(c2ccccc2)C1. The molecule has 132 valence electrons. The van der Waals surface area contributed by atoms with Crippen molar-refractivity contribution in [2.24, 2.45) is 0 Å². The zero-order valence-corrected chi connectivity index (χ0v) is 17.5. The van der Waals surface area contributed by atoms with Crippen LogP contribution >= 0.6 is 0 Å². The second kappa shape index (κ2) is 7.73. The Balaban J connectivity index is 2.24. The average Bonchev–Trinajstić information content (AvgIpc) is 2.53. The van der Waals surface area contributed by atoms with E-state index in [-0.39, 0.29) is 0 Å². The highest BCUT2D eigenvalue weighted by Crippen LogP contribution is 2.45. The molecule has 0 saturated heterocycles. The van der Waals surface area contributed by atoms with E-state index in [1.54, 1.807) is 0 Å². The predicted octanol–water partition coefficient (Wildman–Crippen LogP) is 7.33. The number of rotatable bonds is 6. The molecule has 0 saturated carbocycles. The van der Waals surface area contributed by atoms with Gasteiger partial charge in [-0.2, -0.15) is 0 Å². The van der Waals surface area contributed by atoms with E-state index in [1.165, 1.54) is 22.5 Å². The van der Waals surface area contributed by atoms with Crippen LogP contribution in [0.1, 0.15) is 66.9 Å². The van der Waals surface area contributed by atoms with E-state index >= 15 is 0 Å². The second-order valence-corrected chi connectivity index (χ2v) is 13.5. The Morgan fingerprint density at radius 2 is 1.42 bits per heavy atom. The van der Waals surface area contributed by atoms with E-state index < -0.39 is 8.32 Å². The summed E-state index contributed by atoms with van der Waals surface area (Å²) < 4.78 is 6.93. The molecule has 0 heterocycles. The van der Waals surface area contributed by atoms with Crippen LogP contribution in [0.5, 0.6) is 0 Å². The quantitative estimate of drug-likeness (QED) is 0.492. The molecule has 24 heavy (non-hydrogen) atoms. The van der Waals surface area contributed by atoms with Crippen molar-refractivity contribution in [2.45, 2.75) is 77.9 Å². The molecule has 0 amide bonds. The Hall–Kier alpha value is -1.28. The van der Waals surface area contributed by atoms with Gasteiger partial charge in [0.15, 0.2) is 0 Å². The third-order valence-electron chi connectivity index (χ3n) is 5.62. The monoisotopic (exact) mass is 342 g/mol. The van der Waals surface area contributed by atoms with Crippen LogP contribution in [0.3, 0.4) is 0 Å². The smallest absolute Gasteiger partial charge is 0.258 e. The molecule has 2 heteroatoms. The van der Waals surface area contributed by atoms with Gasteiger partial charge in [-0.25, -0.2) is 0 Å². The molecule has 1 aliphatic carbocycles. The molecule has 1 nitrogen and oxygen atoms in total. The summed E-state index contributed by atoms with van der Waals surface area (Å²) in [5.74, 6) is 1.25. The highest BCUT2D eigenvalue weighted by molar-refractivity contribution is 6.77. The lowest BCUT2D eigenvalue weighted by atomic mass is 9.93. The lowest BCUT2D eigenvalue weighted by molar-refractivity contribution is 0.356. The predicted molar refractivity (Wildman–Crippen MR) is 108 cm³/mol. The summed E-state index contributed by atoms with van der Waals surface area (Å²) in [5, 5.41) is 0. The van der Waals surface area contributed by atoms with E-state index in [4.69, 9.17) is 4.43 Å². The van der Waals surface area contributed by atoms with E-state index in [1.807, 2.05) is 0 Å². The molecule has 0 unspecified atom stereocenters. The van der Waals surface area contributed by atoms with Crippen molar-refractivity contribution in [3.63, 3.8) is 0 Å². The molecule has 0 radical (unpaired) electrons. The van der Waals surface area contributed by atoms with Crippen molar-refractivity contribution in [1.82, 2.24) is 0 Å². The minimum atomic E-state index is -1.85. The molecule has 1 aliphatic rings. The Bertz CT molecular complexity index is 586.